The van der Waals surface area contributed by atoms with Gasteiger partial charge in [0.25, 0.3) is 5.91 Å². The SMILES string of the molecule is CCOc1ccc(OCC(=O)NCc2nnnn2-c2ccc(C)cc2)cc1. The molecule has 1 amide bonds. The molecule has 0 radical (unpaired) electrons. The van der Waals surface area contributed by atoms with E-state index in [1.165, 1.54) is 0 Å². The summed E-state index contributed by atoms with van der Waals surface area (Å²) in [5.41, 5.74) is 1.98. The number of aryl methyl sites for hydroxylation is 1. The van der Waals surface area contributed by atoms with Gasteiger partial charge in [0.15, 0.2) is 12.4 Å². The third-order valence-electron chi connectivity index (χ3n) is 3.76. The highest BCUT2D eigenvalue weighted by Crippen LogP contribution is 2.17. The molecule has 1 aromatic heterocycles. The van der Waals surface area contributed by atoms with Gasteiger partial charge in [-0.25, -0.2) is 0 Å². The summed E-state index contributed by atoms with van der Waals surface area (Å²) in [5, 5.41) is 14.4. The second kappa shape index (κ2) is 8.79. The number of aromatic nitrogens is 4. The molecule has 140 valence electrons. The van der Waals surface area contributed by atoms with Crippen LogP contribution in [0.15, 0.2) is 48.5 Å². The molecule has 0 spiro atoms. The Bertz CT molecular complexity index is 875. The quantitative estimate of drug-likeness (QED) is 0.655. The van der Waals surface area contributed by atoms with E-state index in [0.29, 0.717) is 18.2 Å². The van der Waals surface area contributed by atoms with E-state index in [0.717, 1.165) is 17.0 Å². The van der Waals surface area contributed by atoms with Crippen molar-refractivity contribution in [3.63, 3.8) is 0 Å². The molecule has 0 saturated heterocycles. The summed E-state index contributed by atoms with van der Waals surface area (Å²) in [6, 6.07) is 14.9. The maximum absolute atomic E-state index is 12.0. The minimum absolute atomic E-state index is 0.0971. The van der Waals surface area contributed by atoms with Gasteiger partial charge in [-0.1, -0.05) is 17.7 Å². The van der Waals surface area contributed by atoms with Crippen LogP contribution in [-0.4, -0.2) is 39.3 Å². The monoisotopic (exact) mass is 367 g/mol. The van der Waals surface area contributed by atoms with E-state index in [1.54, 1.807) is 28.9 Å². The summed E-state index contributed by atoms with van der Waals surface area (Å²) in [6.07, 6.45) is 0. The Hall–Kier alpha value is -3.42. The molecule has 8 heteroatoms. The summed E-state index contributed by atoms with van der Waals surface area (Å²) in [7, 11) is 0. The number of hydrogen-bond acceptors (Lipinski definition) is 6. The molecule has 0 saturated carbocycles. The Morgan fingerprint density at radius 2 is 1.70 bits per heavy atom. The smallest absolute Gasteiger partial charge is 0.258 e. The van der Waals surface area contributed by atoms with Crippen molar-refractivity contribution in [2.24, 2.45) is 0 Å². The lowest BCUT2D eigenvalue weighted by Gasteiger charge is -2.09. The molecule has 0 aliphatic rings. The number of nitrogens with one attached hydrogen (secondary N) is 1. The molecule has 1 heterocycles. The second-order valence-corrected chi connectivity index (χ2v) is 5.81. The molecule has 3 rings (SSSR count). The topological polar surface area (TPSA) is 91.2 Å². The molecule has 0 atom stereocenters. The highest BCUT2D eigenvalue weighted by molar-refractivity contribution is 5.77. The summed E-state index contributed by atoms with van der Waals surface area (Å²) >= 11 is 0. The molecular formula is C19H21N5O3. The molecule has 8 nitrogen and oxygen atoms in total. The van der Waals surface area contributed by atoms with Crippen molar-refractivity contribution in [3.05, 3.63) is 59.9 Å². The lowest BCUT2D eigenvalue weighted by atomic mass is 10.2. The molecule has 0 unspecified atom stereocenters. The van der Waals surface area contributed by atoms with Crippen LogP contribution in [0.3, 0.4) is 0 Å². The number of tetrazole rings is 1. The van der Waals surface area contributed by atoms with Gasteiger partial charge in [-0.3, -0.25) is 4.79 Å². The number of ether oxygens (including phenoxy) is 2. The standard InChI is InChI=1S/C19H21N5O3/c1-3-26-16-8-10-17(11-9-16)27-13-19(25)20-12-18-21-22-23-24(18)15-6-4-14(2)5-7-15/h4-11H,3,12-13H2,1-2H3,(H,20,25). The van der Waals surface area contributed by atoms with Crippen molar-refractivity contribution < 1.29 is 14.3 Å². The van der Waals surface area contributed by atoms with Gasteiger partial charge in [0.1, 0.15) is 11.5 Å². The highest BCUT2D eigenvalue weighted by atomic mass is 16.5. The normalized spacial score (nSPS) is 10.4. The van der Waals surface area contributed by atoms with Crippen LogP contribution in [0, 0.1) is 6.92 Å². The fourth-order valence-corrected chi connectivity index (χ4v) is 2.38. The van der Waals surface area contributed by atoms with Crippen LogP contribution in [0.25, 0.3) is 5.69 Å². The third kappa shape index (κ3) is 5.04. The van der Waals surface area contributed by atoms with Crippen LogP contribution < -0.4 is 14.8 Å². The van der Waals surface area contributed by atoms with Crippen LogP contribution in [0.5, 0.6) is 11.5 Å². The van der Waals surface area contributed by atoms with Crippen molar-refractivity contribution >= 4 is 5.91 Å². The van der Waals surface area contributed by atoms with E-state index in [-0.39, 0.29) is 19.1 Å². The Kier molecular flexibility index (Phi) is 5.98. The first-order chi connectivity index (χ1) is 13.2. The lowest BCUT2D eigenvalue weighted by molar-refractivity contribution is -0.123. The van der Waals surface area contributed by atoms with Crippen molar-refractivity contribution in [2.75, 3.05) is 13.2 Å². The third-order valence-corrected chi connectivity index (χ3v) is 3.76. The largest absolute Gasteiger partial charge is 0.494 e. The molecule has 1 N–H and O–H groups in total. The minimum Gasteiger partial charge on any atom is -0.494 e. The number of benzene rings is 2. The number of amides is 1. The average Bonchev–Trinajstić information content (AvgIpc) is 3.15. The number of nitrogens with zero attached hydrogens (tertiary/aromatic N) is 4. The van der Waals surface area contributed by atoms with Gasteiger partial charge in [-0.2, -0.15) is 4.68 Å². The number of hydrogen-bond donors (Lipinski definition) is 1. The van der Waals surface area contributed by atoms with Gasteiger partial charge in [0.05, 0.1) is 18.8 Å². The molecule has 27 heavy (non-hydrogen) atoms. The summed E-state index contributed by atoms with van der Waals surface area (Å²) < 4.78 is 12.4. The van der Waals surface area contributed by atoms with E-state index >= 15 is 0 Å². The number of rotatable bonds is 8. The van der Waals surface area contributed by atoms with Crippen LogP contribution in [0.2, 0.25) is 0 Å². The van der Waals surface area contributed by atoms with Crippen LogP contribution >= 0.6 is 0 Å². The van der Waals surface area contributed by atoms with E-state index < -0.39 is 0 Å². The van der Waals surface area contributed by atoms with E-state index in [1.807, 2.05) is 38.1 Å². The summed E-state index contributed by atoms with van der Waals surface area (Å²) in [5.74, 6) is 1.63. The lowest BCUT2D eigenvalue weighted by Crippen LogP contribution is -2.29. The first kappa shape index (κ1) is 18.4. The summed E-state index contributed by atoms with van der Waals surface area (Å²) in [4.78, 5) is 12.0. The molecule has 0 aliphatic heterocycles. The van der Waals surface area contributed by atoms with E-state index in [9.17, 15) is 4.79 Å². The van der Waals surface area contributed by atoms with Crippen LogP contribution in [0.4, 0.5) is 0 Å². The van der Waals surface area contributed by atoms with Crippen molar-refractivity contribution in [2.45, 2.75) is 20.4 Å². The zero-order valence-corrected chi connectivity index (χ0v) is 15.3. The van der Waals surface area contributed by atoms with Gasteiger partial charge < -0.3 is 14.8 Å². The first-order valence-electron chi connectivity index (χ1n) is 8.62. The molecular weight excluding hydrogens is 346 g/mol. The van der Waals surface area contributed by atoms with Crippen molar-refractivity contribution in [1.82, 2.24) is 25.5 Å². The van der Waals surface area contributed by atoms with Crippen molar-refractivity contribution in [1.29, 1.82) is 0 Å². The second-order valence-electron chi connectivity index (χ2n) is 5.81. The predicted octanol–water partition coefficient (Wildman–Crippen LogP) is 2.06. The average molecular weight is 367 g/mol. The molecule has 0 bridgehead atoms. The fourth-order valence-electron chi connectivity index (χ4n) is 2.38. The number of carbonyl (C=O) groups is 1. The Labute approximate surface area is 157 Å². The zero-order valence-electron chi connectivity index (χ0n) is 15.3. The molecule has 0 fully saturated rings. The van der Waals surface area contributed by atoms with Gasteiger partial charge in [0.2, 0.25) is 0 Å². The maximum Gasteiger partial charge on any atom is 0.258 e. The van der Waals surface area contributed by atoms with Gasteiger partial charge in [-0.15, -0.1) is 5.10 Å². The van der Waals surface area contributed by atoms with Gasteiger partial charge in [-0.05, 0) is 60.7 Å². The summed E-state index contributed by atoms with van der Waals surface area (Å²) in [6.45, 7) is 4.63. The first-order valence-corrected chi connectivity index (χ1v) is 8.62. The molecule has 3 aromatic rings. The molecule has 2 aromatic carbocycles. The Balaban J connectivity index is 1.51. The van der Waals surface area contributed by atoms with Gasteiger partial charge >= 0.3 is 0 Å². The van der Waals surface area contributed by atoms with Gasteiger partial charge in [0, 0.05) is 0 Å². The van der Waals surface area contributed by atoms with Crippen molar-refractivity contribution in [3.8, 4) is 17.2 Å². The van der Waals surface area contributed by atoms with Crippen LogP contribution in [-0.2, 0) is 11.3 Å². The minimum atomic E-state index is -0.262. The fraction of sp³-hybridized carbons (Fsp3) is 0.263. The maximum atomic E-state index is 12.0. The number of carbonyl (C=O) groups excluding carboxylic acids is 1. The zero-order chi connectivity index (χ0) is 19.1. The van der Waals surface area contributed by atoms with E-state index in [4.69, 9.17) is 9.47 Å². The van der Waals surface area contributed by atoms with E-state index in [2.05, 4.69) is 20.8 Å². The molecule has 0 aliphatic carbocycles. The van der Waals surface area contributed by atoms with Crippen LogP contribution in [0.1, 0.15) is 18.3 Å². The Morgan fingerprint density at radius 1 is 1.04 bits per heavy atom. The Morgan fingerprint density at radius 3 is 2.37 bits per heavy atom. The highest BCUT2D eigenvalue weighted by Gasteiger charge is 2.10. The predicted molar refractivity (Wildman–Crippen MR) is 98.8 cm³/mol.